The Kier molecular flexibility index (Phi) is 5.00. The first-order valence-electron chi connectivity index (χ1n) is 8.70. The van der Waals surface area contributed by atoms with E-state index in [9.17, 15) is 0 Å². The molecule has 0 bridgehead atoms. The number of nitriles is 1. The molecule has 1 saturated carbocycles. The highest BCUT2D eigenvalue weighted by Crippen LogP contribution is 2.29. The molecule has 1 aliphatic carbocycles. The average molecular weight is 327 g/mol. The highest BCUT2D eigenvalue weighted by atomic mass is 16.4. The van der Waals surface area contributed by atoms with Gasteiger partial charge in [0.1, 0.15) is 11.8 Å². The summed E-state index contributed by atoms with van der Waals surface area (Å²) in [6, 6.07) is 4.74. The largest absolute Gasteiger partial charge is 0.425 e. The number of rotatable bonds is 6. The Morgan fingerprint density at radius 2 is 2.17 bits per heavy atom. The van der Waals surface area contributed by atoms with Crippen LogP contribution in [0.5, 0.6) is 0 Å². The van der Waals surface area contributed by atoms with Gasteiger partial charge >= 0.3 is 0 Å². The summed E-state index contributed by atoms with van der Waals surface area (Å²) in [4.78, 5) is 0. The van der Waals surface area contributed by atoms with Crippen LogP contribution in [-0.2, 0) is 26.4 Å². The molecular weight excluding hydrogens is 302 g/mol. The Hall–Kier alpha value is -2.13. The second-order valence-electron chi connectivity index (χ2n) is 6.72. The first kappa shape index (κ1) is 16.7. The predicted octanol–water partition coefficient (Wildman–Crippen LogP) is 2.65. The zero-order valence-electron chi connectivity index (χ0n) is 14.7. The van der Waals surface area contributed by atoms with Gasteiger partial charge in [-0.1, -0.05) is 6.92 Å². The molecule has 0 aliphatic heterocycles. The van der Waals surface area contributed by atoms with E-state index in [2.05, 4.69) is 28.5 Å². The van der Waals surface area contributed by atoms with E-state index in [0.29, 0.717) is 12.0 Å². The minimum atomic E-state index is 0.522. The Labute approximate surface area is 142 Å². The van der Waals surface area contributed by atoms with Gasteiger partial charge in [-0.3, -0.25) is 0 Å². The summed E-state index contributed by atoms with van der Waals surface area (Å²) in [5.41, 5.74) is 3.09. The molecular formula is C18H25N5O. The predicted molar refractivity (Wildman–Crippen MR) is 90.2 cm³/mol. The highest BCUT2D eigenvalue weighted by Gasteiger charge is 2.26. The van der Waals surface area contributed by atoms with Gasteiger partial charge in [0.15, 0.2) is 0 Å². The highest BCUT2D eigenvalue weighted by molar-refractivity contribution is 5.34. The molecule has 2 aromatic rings. The van der Waals surface area contributed by atoms with E-state index in [-0.39, 0.29) is 0 Å². The van der Waals surface area contributed by atoms with Gasteiger partial charge in [0.2, 0.25) is 11.8 Å². The van der Waals surface area contributed by atoms with E-state index in [0.717, 1.165) is 49.0 Å². The van der Waals surface area contributed by atoms with Crippen LogP contribution in [0.25, 0.3) is 0 Å². The first-order chi connectivity index (χ1) is 11.6. The van der Waals surface area contributed by atoms with Gasteiger partial charge in [-0.2, -0.15) is 5.26 Å². The van der Waals surface area contributed by atoms with Crippen LogP contribution >= 0.6 is 0 Å². The van der Waals surface area contributed by atoms with Crippen molar-refractivity contribution in [1.29, 1.82) is 5.26 Å². The van der Waals surface area contributed by atoms with Crippen molar-refractivity contribution >= 4 is 0 Å². The summed E-state index contributed by atoms with van der Waals surface area (Å²) in [5.74, 6) is 2.11. The van der Waals surface area contributed by atoms with Crippen LogP contribution in [0.1, 0.15) is 54.9 Å². The molecule has 6 heteroatoms. The van der Waals surface area contributed by atoms with Crippen molar-refractivity contribution in [2.75, 3.05) is 0 Å². The molecule has 2 heterocycles. The van der Waals surface area contributed by atoms with Gasteiger partial charge in [-0.15, -0.1) is 10.2 Å². The van der Waals surface area contributed by atoms with E-state index < -0.39 is 0 Å². The van der Waals surface area contributed by atoms with Crippen LogP contribution in [0.15, 0.2) is 10.5 Å². The van der Waals surface area contributed by atoms with E-state index >= 15 is 0 Å². The standard InChI is InChI=1S/C18H25N5O/c1-4-17-21-22-18(24-17)8-13-5-6-15(7-13)20-11-14-9-16(10-19)23(3)12(14)2/h9,13,15,20H,4-8,11H2,1-3H3/t13-,15+/m1/s1. The third kappa shape index (κ3) is 3.51. The van der Waals surface area contributed by atoms with Crippen LogP contribution in [0.2, 0.25) is 0 Å². The van der Waals surface area contributed by atoms with Crippen LogP contribution in [-0.4, -0.2) is 20.8 Å². The first-order valence-corrected chi connectivity index (χ1v) is 8.70. The fourth-order valence-electron chi connectivity index (χ4n) is 3.51. The molecule has 2 atom stereocenters. The molecule has 0 aromatic carbocycles. The lowest BCUT2D eigenvalue weighted by Crippen LogP contribution is -2.26. The number of aryl methyl sites for hydroxylation is 1. The molecule has 1 N–H and O–H groups in total. The zero-order valence-corrected chi connectivity index (χ0v) is 14.7. The summed E-state index contributed by atoms with van der Waals surface area (Å²) < 4.78 is 7.58. The second kappa shape index (κ2) is 7.18. The van der Waals surface area contributed by atoms with Crippen molar-refractivity contribution in [3.05, 3.63) is 34.8 Å². The van der Waals surface area contributed by atoms with Crippen LogP contribution in [0.3, 0.4) is 0 Å². The maximum Gasteiger partial charge on any atom is 0.216 e. The normalized spacial score (nSPS) is 20.4. The van der Waals surface area contributed by atoms with E-state index in [1.807, 2.05) is 24.6 Å². The monoisotopic (exact) mass is 327 g/mol. The number of nitrogens with one attached hydrogen (secondary N) is 1. The third-order valence-corrected chi connectivity index (χ3v) is 5.15. The second-order valence-corrected chi connectivity index (χ2v) is 6.72. The summed E-state index contributed by atoms with van der Waals surface area (Å²) in [7, 11) is 1.94. The average Bonchev–Trinajstić information content (AvgIpc) is 3.28. The lowest BCUT2D eigenvalue weighted by atomic mass is 10.0. The Morgan fingerprint density at radius 1 is 1.38 bits per heavy atom. The maximum atomic E-state index is 9.12. The van der Waals surface area contributed by atoms with Crippen molar-refractivity contribution < 1.29 is 4.42 Å². The van der Waals surface area contributed by atoms with Gasteiger partial charge in [0.05, 0.1) is 0 Å². The summed E-state index contributed by atoms with van der Waals surface area (Å²) in [6.07, 6.45) is 5.19. The number of hydrogen-bond donors (Lipinski definition) is 1. The molecule has 0 radical (unpaired) electrons. The smallest absolute Gasteiger partial charge is 0.216 e. The van der Waals surface area contributed by atoms with E-state index in [4.69, 9.17) is 9.68 Å². The van der Waals surface area contributed by atoms with E-state index in [1.165, 1.54) is 18.4 Å². The molecule has 0 spiro atoms. The number of hydrogen-bond acceptors (Lipinski definition) is 5. The molecule has 128 valence electrons. The van der Waals surface area contributed by atoms with Crippen molar-refractivity contribution in [3.8, 4) is 6.07 Å². The molecule has 24 heavy (non-hydrogen) atoms. The SMILES string of the molecule is CCc1nnc(C[C@@H]2CC[C@H](NCc3cc(C#N)n(C)c3C)C2)o1. The van der Waals surface area contributed by atoms with Crippen LogP contribution in [0, 0.1) is 24.2 Å². The lowest BCUT2D eigenvalue weighted by Gasteiger charge is -2.13. The summed E-state index contributed by atoms with van der Waals surface area (Å²) >= 11 is 0. The molecule has 6 nitrogen and oxygen atoms in total. The number of nitrogens with zero attached hydrogens (tertiary/aromatic N) is 4. The van der Waals surface area contributed by atoms with Gasteiger partial charge in [-0.25, -0.2) is 0 Å². The van der Waals surface area contributed by atoms with Crippen LogP contribution in [0.4, 0.5) is 0 Å². The van der Waals surface area contributed by atoms with Crippen molar-refractivity contribution in [1.82, 2.24) is 20.1 Å². The fourth-order valence-corrected chi connectivity index (χ4v) is 3.51. The summed E-state index contributed by atoms with van der Waals surface area (Å²) in [5, 5.41) is 20.9. The number of aromatic nitrogens is 3. The van der Waals surface area contributed by atoms with Gasteiger partial charge in [0.25, 0.3) is 0 Å². The zero-order chi connectivity index (χ0) is 17.1. The minimum absolute atomic E-state index is 0.522. The van der Waals surface area contributed by atoms with Crippen LogP contribution < -0.4 is 5.32 Å². The molecule has 2 aromatic heterocycles. The Balaban J connectivity index is 1.50. The molecule has 0 saturated heterocycles. The van der Waals surface area contributed by atoms with Crippen molar-refractivity contribution in [2.45, 2.75) is 58.5 Å². The van der Waals surface area contributed by atoms with Gasteiger partial charge in [-0.05, 0) is 43.7 Å². The molecule has 1 aliphatic rings. The van der Waals surface area contributed by atoms with Gasteiger partial charge in [0, 0.05) is 38.2 Å². The van der Waals surface area contributed by atoms with Gasteiger partial charge < -0.3 is 14.3 Å². The maximum absolute atomic E-state index is 9.12. The minimum Gasteiger partial charge on any atom is -0.425 e. The lowest BCUT2D eigenvalue weighted by molar-refractivity contribution is 0.402. The molecule has 0 unspecified atom stereocenters. The van der Waals surface area contributed by atoms with Crippen molar-refractivity contribution in [3.63, 3.8) is 0 Å². The van der Waals surface area contributed by atoms with Crippen molar-refractivity contribution in [2.24, 2.45) is 13.0 Å². The topological polar surface area (TPSA) is 79.7 Å². The Bertz CT molecular complexity index is 739. The molecule has 0 amide bonds. The quantitative estimate of drug-likeness (QED) is 0.882. The molecule has 1 fully saturated rings. The Morgan fingerprint density at radius 3 is 2.83 bits per heavy atom. The fraction of sp³-hybridized carbons (Fsp3) is 0.611. The molecule has 3 rings (SSSR count). The summed E-state index contributed by atoms with van der Waals surface area (Å²) in [6.45, 7) is 4.91. The third-order valence-electron chi connectivity index (χ3n) is 5.15. The van der Waals surface area contributed by atoms with E-state index in [1.54, 1.807) is 0 Å².